The summed E-state index contributed by atoms with van der Waals surface area (Å²) < 4.78 is 0. The van der Waals surface area contributed by atoms with Crippen LogP contribution >= 0.6 is 0 Å². The lowest BCUT2D eigenvalue weighted by Gasteiger charge is -2.43. The van der Waals surface area contributed by atoms with E-state index in [1.165, 1.54) is 51.4 Å². The molecule has 2 aliphatic rings. The van der Waals surface area contributed by atoms with Gasteiger partial charge in [0.25, 0.3) is 0 Å². The van der Waals surface area contributed by atoms with Crippen LogP contribution in [0, 0.1) is 11.3 Å². The maximum atomic E-state index is 11.7. The second kappa shape index (κ2) is 4.04. The highest BCUT2D eigenvalue weighted by atomic mass is 16.1. The van der Waals surface area contributed by atoms with E-state index >= 15 is 0 Å². The van der Waals surface area contributed by atoms with E-state index in [1.54, 1.807) is 0 Å². The van der Waals surface area contributed by atoms with Gasteiger partial charge in [-0.25, -0.2) is 0 Å². The van der Waals surface area contributed by atoms with Crippen molar-refractivity contribution in [3.63, 3.8) is 0 Å². The van der Waals surface area contributed by atoms with Crippen molar-refractivity contribution in [3.8, 4) is 0 Å². The molecule has 80 valence electrons. The highest BCUT2D eigenvalue weighted by molar-refractivity contribution is 5.91. The first-order valence-electron chi connectivity index (χ1n) is 6.33. The quantitative estimate of drug-likeness (QED) is 0.610. The highest BCUT2D eigenvalue weighted by Gasteiger charge is 2.55. The van der Waals surface area contributed by atoms with Crippen molar-refractivity contribution in [3.05, 3.63) is 0 Å². The summed E-state index contributed by atoms with van der Waals surface area (Å²) in [7, 11) is 0. The summed E-state index contributed by atoms with van der Waals surface area (Å²) in [5.41, 5.74) is 0.202. The molecule has 0 N–H and O–H groups in total. The molecule has 0 aromatic heterocycles. The molecule has 1 nitrogen and oxygen atoms in total. The number of hydrogen-bond donors (Lipinski definition) is 0. The van der Waals surface area contributed by atoms with Gasteiger partial charge in [0, 0.05) is 11.8 Å². The molecular weight excluding hydrogens is 172 g/mol. The molecule has 0 spiro atoms. The van der Waals surface area contributed by atoms with Crippen LogP contribution in [0.15, 0.2) is 0 Å². The van der Waals surface area contributed by atoms with Gasteiger partial charge in [0.2, 0.25) is 0 Å². The van der Waals surface area contributed by atoms with E-state index < -0.39 is 0 Å². The SMILES string of the molecule is CCCCCC[C@]12CCC[C@H]1CC2=O. The molecular formula is C13H22O. The van der Waals surface area contributed by atoms with Crippen LogP contribution in [0.5, 0.6) is 0 Å². The minimum absolute atomic E-state index is 0.202. The zero-order chi connectivity index (χ0) is 10.0. The van der Waals surface area contributed by atoms with Gasteiger partial charge in [-0.3, -0.25) is 4.79 Å². The largest absolute Gasteiger partial charge is 0.299 e. The molecule has 0 aromatic carbocycles. The van der Waals surface area contributed by atoms with Gasteiger partial charge in [-0.05, 0) is 25.2 Å². The van der Waals surface area contributed by atoms with Gasteiger partial charge in [0.1, 0.15) is 5.78 Å². The molecule has 0 bridgehead atoms. The van der Waals surface area contributed by atoms with Crippen LogP contribution in [0.25, 0.3) is 0 Å². The van der Waals surface area contributed by atoms with Crippen molar-refractivity contribution >= 4 is 5.78 Å². The Bertz CT molecular complexity index is 221. The molecule has 2 fully saturated rings. The zero-order valence-electron chi connectivity index (χ0n) is 9.35. The van der Waals surface area contributed by atoms with Crippen molar-refractivity contribution in [2.24, 2.45) is 11.3 Å². The number of carbonyl (C=O) groups excluding carboxylic acids is 1. The van der Waals surface area contributed by atoms with Crippen molar-refractivity contribution < 1.29 is 4.79 Å². The fraction of sp³-hybridized carbons (Fsp3) is 0.923. The highest BCUT2D eigenvalue weighted by Crippen LogP contribution is 2.57. The Balaban J connectivity index is 1.80. The first kappa shape index (κ1) is 10.2. The normalized spacial score (nSPS) is 35.5. The minimum Gasteiger partial charge on any atom is -0.299 e. The molecule has 2 aliphatic carbocycles. The van der Waals surface area contributed by atoms with Gasteiger partial charge in [-0.15, -0.1) is 0 Å². The lowest BCUT2D eigenvalue weighted by molar-refractivity contribution is -0.144. The Morgan fingerprint density at radius 1 is 1.36 bits per heavy atom. The van der Waals surface area contributed by atoms with Gasteiger partial charge < -0.3 is 0 Å². The Hall–Kier alpha value is -0.330. The topological polar surface area (TPSA) is 17.1 Å². The van der Waals surface area contributed by atoms with Crippen molar-refractivity contribution in [2.75, 3.05) is 0 Å². The second-order valence-electron chi connectivity index (χ2n) is 5.18. The van der Waals surface area contributed by atoms with Crippen molar-refractivity contribution in [1.82, 2.24) is 0 Å². The zero-order valence-corrected chi connectivity index (χ0v) is 9.35. The van der Waals surface area contributed by atoms with E-state index in [9.17, 15) is 4.79 Å². The Morgan fingerprint density at radius 3 is 2.86 bits per heavy atom. The minimum atomic E-state index is 0.202. The Morgan fingerprint density at radius 2 is 2.21 bits per heavy atom. The predicted molar refractivity (Wildman–Crippen MR) is 58.2 cm³/mol. The maximum Gasteiger partial charge on any atom is 0.139 e. The fourth-order valence-corrected chi connectivity index (χ4v) is 3.44. The number of fused-ring (bicyclic) bond motifs is 1. The van der Waals surface area contributed by atoms with Crippen LogP contribution in [0.2, 0.25) is 0 Å². The maximum absolute atomic E-state index is 11.7. The molecule has 0 amide bonds. The average molecular weight is 194 g/mol. The molecule has 14 heavy (non-hydrogen) atoms. The van der Waals surface area contributed by atoms with Crippen LogP contribution in [0.3, 0.4) is 0 Å². The fourth-order valence-electron chi connectivity index (χ4n) is 3.44. The Labute approximate surface area is 87.3 Å². The first-order chi connectivity index (χ1) is 6.79. The summed E-state index contributed by atoms with van der Waals surface area (Å²) >= 11 is 0. The monoisotopic (exact) mass is 194 g/mol. The van der Waals surface area contributed by atoms with E-state index in [4.69, 9.17) is 0 Å². The third-order valence-electron chi connectivity index (χ3n) is 4.42. The number of carbonyl (C=O) groups is 1. The molecule has 0 radical (unpaired) electrons. The van der Waals surface area contributed by atoms with Gasteiger partial charge >= 0.3 is 0 Å². The summed E-state index contributed by atoms with van der Waals surface area (Å²) in [6.45, 7) is 2.24. The van der Waals surface area contributed by atoms with Crippen LogP contribution < -0.4 is 0 Å². The number of unbranched alkanes of at least 4 members (excludes halogenated alkanes) is 3. The van der Waals surface area contributed by atoms with Crippen LogP contribution in [-0.4, -0.2) is 5.78 Å². The summed E-state index contributed by atoms with van der Waals surface area (Å²) in [6.07, 6.45) is 11.2. The predicted octanol–water partition coefficient (Wildman–Crippen LogP) is 3.72. The molecule has 0 aromatic rings. The van der Waals surface area contributed by atoms with Gasteiger partial charge in [0.05, 0.1) is 0 Å². The van der Waals surface area contributed by atoms with Gasteiger partial charge in [0.15, 0.2) is 0 Å². The molecule has 0 aliphatic heterocycles. The second-order valence-corrected chi connectivity index (χ2v) is 5.18. The van der Waals surface area contributed by atoms with E-state index in [1.807, 2.05) is 0 Å². The van der Waals surface area contributed by atoms with Crippen LogP contribution in [0.4, 0.5) is 0 Å². The average Bonchev–Trinajstić information content (AvgIpc) is 2.51. The number of Topliss-reactive ketones (excluding diaryl/α,β-unsaturated/α-hetero) is 1. The molecule has 2 atom stereocenters. The molecule has 0 saturated heterocycles. The first-order valence-corrected chi connectivity index (χ1v) is 6.33. The molecule has 1 heteroatoms. The lowest BCUT2D eigenvalue weighted by Crippen LogP contribution is -2.46. The van der Waals surface area contributed by atoms with E-state index in [0.29, 0.717) is 5.78 Å². The number of hydrogen-bond acceptors (Lipinski definition) is 1. The standard InChI is InChI=1S/C13H22O/c1-2-3-4-5-8-13-9-6-7-11(13)10-12(13)14/h11H,2-10H2,1H3/t11-,13-/m0/s1. The van der Waals surface area contributed by atoms with Gasteiger partial charge in [-0.1, -0.05) is 39.0 Å². The summed E-state index contributed by atoms with van der Waals surface area (Å²) in [4.78, 5) is 11.7. The van der Waals surface area contributed by atoms with Crippen LogP contribution in [0.1, 0.15) is 64.7 Å². The summed E-state index contributed by atoms with van der Waals surface area (Å²) in [5, 5.41) is 0. The summed E-state index contributed by atoms with van der Waals surface area (Å²) in [5.74, 6) is 1.38. The van der Waals surface area contributed by atoms with Crippen molar-refractivity contribution in [2.45, 2.75) is 64.7 Å². The summed E-state index contributed by atoms with van der Waals surface area (Å²) in [6, 6.07) is 0. The smallest absolute Gasteiger partial charge is 0.139 e. The van der Waals surface area contributed by atoms with E-state index in [2.05, 4.69) is 6.92 Å². The molecule has 0 unspecified atom stereocenters. The molecule has 2 saturated carbocycles. The van der Waals surface area contributed by atoms with Crippen LogP contribution in [-0.2, 0) is 4.79 Å². The van der Waals surface area contributed by atoms with E-state index in [0.717, 1.165) is 12.3 Å². The molecule has 2 rings (SSSR count). The van der Waals surface area contributed by atoms with Gasteiger partial charge in [-0.2, -0.15) is 0 Å². The Kier molecular flexibility index (Phi) is 2.94. The van der Waals surface area contributed by atoms with Crippen molar-refractivity contribution in [1.29, 1.82) is 0 Å². The molecule has 0 heterocycles. The third kappa shape index (κ3) is 1.51. The number of rotatable bonds is 5. The third-order valence-corrected chi connectivity index (χ3v) is 4.42. The lowest BCUT2D eigenvalue weighted by atomic mass is 9.58. The van der Waals surface area contributed by atoms with E-state index in [-0.39, 0.29) is 5.41 Å². The number of ketones is 1.